The van der Waals surface area contributed by atoms with Crippen molar-refractivity contribution in [3.05, 3.63) is 0 Å². The third-order valence-corrected chi connectivity index (χ3v) is 2.74. The summed E-state index contributed by atoms with van der Waals surface area (Å²) in [7, 11) is 1.42. The summed E-state index contributed by atoms with van der Waals surface area (Å²) in [4.78, 5) is 21.7. The molecule has 0 bridgehead atoms. The third-order valence-electron chi connectivity index (χ3n) is 2.74. The van der Waals surface area contributed by atoms with E-state index < -0.39 is 29.9 Å². The van der Waals surface area contributed by atoms with Crippen molar-refractivity contribution in [1.29, 1.82) is 0 Å². The van der Waals surface area contributed by atoms with Crippen LogP contribution in [0.15, 0.2) is 0 Å². The van der Waals surface area contributed by atoms with Crippen molar-refractivity contribution in [3.63, 3.8) is 0 Å². The average molecular weight is 202 g/mol. The minimum absolute atomic E-state index is 0.423. The zero-order valence-corrected chi connectivity index (χ0v) is 7.97. The third kappa shape index (κ3) is 2.04. The Balaban J connectivity index is 2.83. The number of methoxy groups -OCH3 is 1. The molecule has 5 nitrogen and oxygen atoms in total. The molecule has 1 aliphatic rings. The van der Waals surface area contributed by atoms with Crippen LogP contribution in [0.25, 0.3) is 0 Å². The normalized spacial score (nSPS) is 32.5. The van der Waals surface area contributed by atoms with E-state index in [1.807, 2.05) is 0 Å². The van der Waals surface area contributed by atoms with Gasteiger partial charge in [0, 0.05) is 7.11 Å². The Labute approximate surface area is 81.7 Å². The lowest BCUT2D eigenvalue weighted by molar-refractivity contribution is -0.163. The van der Waals surface area contributed by atoms with Crippen LogP contribution in [0.3, 0.4) is 0 Å². The quantitative estimate of drug-likeness (QED) is 0.699. The minimum atomic E-state index is -1.08. The van der Waals surface area contributed by atoms with Crippen LogP contribution in [-0.4, -0.2) is 35.4 Å². The van der Waals surface area contributed by atoms with Crippen LogP contribution in [0.2, 0.25) is 0 Å². The van der Waals surface area contributed by atoms with Crippen LogP contribution in [0.4, 0.5) is 0 Å². The Morgan fingerprint density at radius 2 is 1.86 bits per heavy atom. The Morgan fingerprint density at radius 3 is 2.29 bits per heavy atom. The second-order valence-corrected chi connectivity index (χ2v) is 3.51. The lowest BCUT2D eigenvalue weighted by Crippen LogP contribution is -2.42. The summed E-state index contributed by atoms with van der Waals surface area (Å²) in [6.45, 7) is 0. The van der Waals surface area contributed by atoms with E-state index in [-0.39, 0.29) is 0 Å². The SMILES string of the molecule is COC1CCCC(C(=O)O)C1C(=O)O. The number of hydrogen-bond acceptors (Lipinski definition) is 3. The summed E-state index contributed by atoms with van der Waals surface area (Å²) < 4.78 is 5.00. The molecule has 1 fully saturated rings. The fourth-order valence-electron chi connectivity index (χ4n) is 2.03. The monoisotopic (exact) mass is 202 g/mol. The number of carbonyl (C=O) groups is 2. The molecular formula is C9H14O5. The highest BCUT2D eigenvalue weighted by molar-refractivity contribution is 5.80. The molecular weight excluding hydrogens is 188 g/mol. The molecule has 0 amide bonds. The summed E-state index contributed by atoms with van der Waals surface area (Å²) >= 11 is 0. The van der Waals surface area contributed by atoms with Gasteiger partial charge in [0.2, 0.25) is 0 Å². The molecule has 0 spiro atoms. The van der Waals surface area contributed by atoms with Crippen LogP contribution >= 0.6 is 0 Å². The van der Waals surface area contributed by atoms with Crippen molar-refractivity contribution in [1.82, 2.24) is 0 Å². The van der Waals surface area contributed by atoms with Crippen molar-refractivity contribution in [3.8, 4) is 0 Å². The summed E-state index contributed by atoms with van der Waals surface area (Å²) in [6, 6.07) is 0. The van der Waals surface area contributed by atoms with Crippen molar-refractivity contribution < 1.29 is 24.5 Å². The molecule has 0 saturated heterocycles. The zero-order chi connectivity index (χ0) is 10.7. The minimum Gasteiger partial charge on any atom is -0.481 e. The van der Waals surface area contributed by atoms with Gasteiger partial charge >= 0.3 is 11.9 Å². The smallest absolute Gasteiger partial charge is 0.310 e. The molecule has 0 aliphatic heterocycles. The van der Waals surface area contributed by atoms with Crippen LogP contribution in [-0.2, 0) is 14.3 Å². The van der Waals surface area contributed by atoms with E-state index >= 15 is 0 Å². The highest BCUT2D eigenvalue weighted by atomic mass is 16.5. The number of rotatable bonds is 3. The highest BCUT2D eigenvalue weighted by Gasteiger charge is 2.42. The van der Waals surface area contributed by atoms with Gasteiger partial charge in [0.25, 0.3) is 0 Å². The van der Waals surface area contributed by atoms with Crippen LogP contribution in [0.5, 0.6) is 0 Å². The maximum Gasteiger partial charge on any atom is 0.310 e. The van der Waals surface area contributed by atoms with Gasteiger partial charge in [-0.2, -0.15) is 0 Å². The molecule has 0 aromatic heterocycles. The molecule has 1 rings (SSSR count). The van der Waals surface area contributed by atoms with Crippen molar-refractivity contribution in [2.75, 3.05) is 7.11 Å². The van der Waals surface area contributed by atoms with Gasteiger partial charge in [0.15, 0.2) is 0 Å². The summed E-state index contributed by atoms with van der Waals surface area (Å²) in [5, 5.41) is 17.8. The number of ether oxygens (including phenoxy) is 1. The van der Waals surface area contributed by atoms with Gasteiger partial charge in [0.05, 0.1) is 17.9 Å². The number of carboxylic acids is 2. The molecule has 0 heterocycles. The van der Waals surface area contributed by atoms with E-state index in [0.717, 1.165) is 0 Å². The first-order valence-electron chi connectivity index (χ1n) is 4.56. The molecule has 80 valence electrons. The van der Waals surface area contributed by atoms with Crippen LogP contribution < -0.4 is 0 Å². The Morgan fingerprint density at radius 1 is 1.21 bits per heavy atom. The predicted octanol–water partition coefficient (Wildman–Crippen LogP) is 0.587. The summed E-state index contributed by atoms with van der Waals surface area (Å²) in [5.41, 5.74) is 0. The number of carboxylic acid groups (broad SMARTS) is 2. The van der Waals surface area contributed by atoms with Crippen LogP contribution in [0.1, 0.15) is 19.3 Å². The predicted molar refractivity (Wildman–Crippen MR) is 46.9 cm³/mol. The molecule has 0 aromatic rings. The van der Waals surface area contributed by atoms with Gasteiger partial charge in [-0.15, -0.1) is 0 Å². The molecule has 14 heavy (non-hydrogen) atoms. The average Bonchev–Trinajstić information content (AvgIpc) is 2.16. The van der Waals surface area contributed by atoms with E-state index in [9.17, 15) is 9.59 Å². The van der Waals surface area contributed by atoms with Gasteiger partial charge in [0.1, 0.15) is 0 Å². The highest BCUT2D eigenvalue weighted by Crippen LogP contribution is 2.32. The molecule has 0 aromatic carbocycles. The first-order valence-corrected chi connectivity index (χ1v) is 4.56. The van der Waals surface area contributed by atoms with Crippen molar-refractivity contribution >= 4 is 11.9 Å². The molecule has 2 N–H and O–H groups in total. The first kappa shape index (κ1) is 11.0. The van der Waals surface area contributed by atoms with Crippen molar-refractivity contribution in [2.45, 2.75) is 25.4 Å². The maximum absolute atomic E-state index is 10.9. The van der Waals surface area contributed by atoms with Gasteiger partial charge < -0.3 is 14.9 Å². The van der Waals surface area contributed by atoms with Crippen molar-refractivity contribution in [2.24, 2.45) is 11.8 Å². The van der Waals surface area contributed by atoms with E-state index in [2.05, 4.69) is 0 Å². The van der Waals surface area contributed by atoms with E-state index in [1.54, 1.807) is 0 Å². The Hall–Kier alpha value is -1.10. The maximum atomic E-state index is 10.9. The molecule has 3 atom stereocenters. The zero-order valence-electron chi connectivity index (χ0n) is 7.97. The topological polar surface area (TPSA) is 83.8 Å². The fraction of sp³-hybridized carbons (Fsp3) is 0.778. The van der Waals surface area contributed by atoms with E-state index in [0.29, 0.717) is 19.3 Å². The number of aliphatic carboxylic acids is 2. The Kier molecular flexibility index (Phi) is 3.46. The van der Waals surface area contributed by atoms with Gasteiger partial charge in [-0.25, -0.2) is 0 Å². The van der Waals surface area contributed by atoms with Gasteiger partial charge in [-0.3, -0.25) is 9.59 Å². The van der Waals surface area contributed by atoms with E-state index in [4.69, 9.17) is 14.9 Å². The molecule has 5 heteroatoms. The Bertz CT molecular complexity index is 237. The summed E-state index contributed by atoms with van der Waals surface area (Å²) in [6.07, 6.45) is 1.28. The second-order valence-electron chi connectivity index (χ2n) is 3.51. The second kappa shape index (κ2) is 4.41. The largest absolute Gasteiger partial charge is 0.481 e. The van der Waals surface area contributed by atoms with E-state index in [1.165, 1.54) is 7.11 Å². The summed E-state index contributed by atoms with van der Waals surface area (Å²) in [5.74, 6) is -3.85. The number of hydrogen-bond donors (Lipinski definition) is 2. The van der Waals surface area contributed by atoms with Gasteiger partial charge in [-0.05, 0) is 19.3 Å². The van der Waals surface area contributed by atoms with Gasteiger partial charge in [-0.1, -0.05) is 0 Å². The standard InChI is InChI=1S/C9H14O5/c1-14-6-4-2-3-5(8(10)11)7(6)9(12)13/h5-7H,2-4H2,1H3,(H,10,11)(H,12,13). The first-order chi connectivity index (χ1) is 6.57. The molecule has 0 radical (unpaired) electrons. The fourth-order valence-corrected chi connectivity index (χ4v) is 2.03. The molecule has 3 unspecified atom stereocenters. The lowest BCUT2D eigenvalue weighted by atomic mass is 9.77. The molecule has 1 aliphatic carbocycles. The lowest BCUT2D eigenvalue weighted by Gasteiger charge is -2.32. The van der Waals surface area contributed by atoms with Crippen LogP contribution in [0, 0.1) is 11.8 Å². The molecule has 1 saturated carbocycles.